The van der Waals surface area contributed by atoms with Crippen molar-refractivity contribution < 1.29 is 20.1 Å². The molecule has 0 unspecified atom stereocenters. The summed E-state index contributed by atoms with van der Waals surface area (Å²) in [6, 6.07) is 4.66. The molecule has 0 fully saturated rings. The maximum Gasteiger partial charge on any atom is 0.257 e. The van der Waals surface area contributed by atoms with Crippen LogP contribution in [-0.2, 0) is 0 Å². The zero-order chi connectivity index (χ0) is 19.4. The molecular weight excluding hydrogens is 336 g/mol. The van der Waals surface area contributed by atoms with Gasteiger partial charge in [-0.2, -0.15) is 0 Å². The van der Waals surface area contributed by atoms with Gasteiger partial charge in [0.1, 0.15) is 5.69 Å². The van der Waals surface area contributed by atoms with Crippen LogP contribution in [0.5, 0.6) is 17.5 Å². The lowest BCUT2D eigenvalue weighted by molar-refractivity contribution is 0.0824. The number of hydrogen-bond acceptors (Lipinski definition) is 6. The molecule has 140 valence electrons. The second kappa shape index (κ2) is 7.81. The molecule has 5 N–H and O–H groups in total. The molecule has 0 aliphatic rings. The van der Waals surface area contributed by atoms with E-state index in [4.69, 9.17) is 0 Å². The number of hydrogen-bond donors (Lipinski definition) is 5. The van der Waals surface area contributed by atoms with Crippen molar-refractivity contribution in [1.29, 1.82) is 0 Å². The van der Waals surface area contributed by atoms with Gasteiger partial charge in [0.2, 0.25) is 11.8 Å². The molecule has 0 aliphatic heterocycles. The number of amides is 1. The number of rotatable bonds is 6. The average Bonchev–Trinajstić information content (AvgIpc) is 2.83. The molecule has 0 atom stereocenters. The highest BCUT2D eigenvalue weighted by Gasteiger charge is 2.21. The Labute approximate surface area is 151 Å². The van der Waals surface area contributed by atoms with E-state index in [9.17, 15) is 20.1 Å². The number of benzene rings is 1. The van der Waals surface area contributed by atoms with Gasteiger partial charge in [-0.05, 0) is 25.5 Å². The van der Waals surface area contributed by atoms with Crippen molar-refractivity contribution in [1.82, 2.24) is 9.88 Å². The van der Waals surface area contributed by atoms with Crippen LogP contribution < -0.4 is 5.32 Å². The first-order chi connectivity index (χ1) is 12.3. The third kappa shape index (κ3) is 3.90. The highest BCUT2D eigenvalue weighted by atomic mass is 16.3. The first-order valence-corrected chi connectivity index (χ1v) is 8.24. The minimum atomic E-state index is -0.357. The Morgan fingerprint density at radius 1 is 1.23 bits per heavy atom. The summed E-state index contributed by atoms with van der Waals surface area (Å²) >= 11 is 0. The van der Waals surface area contributed by atoms with Crippen molar-refractivity contribution in [2.45, 2.75) is 26.7 Å². The van der Waals surface area contributed by atoms with Gasteiger partial charge in [-0.3, -0.25) is 14.8 Å². The number of phenols is 1. The van der Waals surface area contributed by atoms with Crippen molar-refractivity contribution in [2.75, 3.05) is 19.4 Å². The normalized spacial score (nSPS) is 11.5. The summed E-state index contributed by atoms with van der Waals surface area (Å²) in [6.07, 6.45) is 1.63. The standard InChI is InChI=1S/C18H24N4O4/c1-5-7-10(2)19-13-14(17(25)21-16(13)24)20-12-9-6-8-11(15(12)23)18(26)22(3)4/h6,8-9,20-21,23-25H,5,7H2,1-4H3. The first-order valence-electron chi connectivity index (χ1n) is 8.24. The van der Waals surface area contributed by atoms with Crippen molar-refractivity contribution in [3.63, 3.8) is 0 Å². The van der Waals surface area contributed by atoms with E-state index < -0.39 is 0 Å². The van der Waals surface area contributed by atoms with Crippen LogP contribution in [0.3, 0.4) is 0 Å². The third-order valence-electron chi connectivity index (χ3n) is 3.78. The van der Waals surface area contributed by atoms with Crippen molar-refractivity contribution in [2.24, 2.45) is 4.99 Å². The predicted molar refractivity (Wildman–Crippen MR) is 101 cm³/mol. The van der Waals surface area contributed by atoms with E-state index in [1.165, 1.54) is 11.0 Å². The van der Waals surface area contributed by atoms with Gasteiger partial charge in [0.15, 0.2) is 11.4 Å². The summed E-state index contributed by atoms with van der Waals surface area (Å²) in [7, 11) is 3.17. The maximum atomic E-state index is 12.1. The molecule has 0 radical (unpaired) electrons. The molecule has 0 spiro atoms. The highest BCUT2D eigenvalue weighted by molar-refractivity contribution is 5.99. The molecule has 0 saturated carbocycles. The molecule has 1 heterocycles. The lowest BCUT2D eigenvalue weighted by atomic mass is 10.1. The minimum Gasteiger partial charge on any atom is -0.505 e. The number of anilines is 2. The van der Waals surface area contributed by atoms with Crippen LogP contribution in [0.2, 0.25) is 0 Å². The number of H-pyrrole nitrogens is 1. The van der Waals surface area contributed by atoms with Crippen LogP contribution in [0.4, 0.5) is 17.1 Å². The fourth-order valence-electron chi connectivity index (χ4n) is 2.49. The number of aliphatic imine (C=N–C) groups is 1. The minimum absolute atomic E-state index is 0.114. The van der Waals surface area contributed by atoms with Crippen LogP contribution in [0.25, 0.3) is 0 Å². The molecule has 1 aromatic heterocycles. The van der Waals surface area contributed by atoms with E-state index in [1.807, 2.05) is 13.8 Å². The lowest BCUT2D eigenvalue weighted by Crippen LogP contribution is -2.21. The number of nitrogens with one attached hydrogen (secondary N) is 2. The van der Waals surface area contributed by atoms with Gasteiger partial charge < -0.3 is 25.5 Å². The number of aromatic nitrogens is 1. The lowest BCUT2D eigenvalue weighted by Gasteiger charge is -2.14. The fourth-order valence-corrected chi connectivity index (χ4v) is 2.49. The summed E-state index contributed by atoms with van der Waals surface area (Å²) in [4.78, 5) is 20.2. The fraction of sp³-hybridized carbons (Fsp3) is 0.333. The van der Waals surface area contributed by atoms with Gasteiger partial charge in [0.05, 0.1) is 11.3 Å². The van der Waals surface area contributed by atoms with E-state index in [0.29, 0.717) is 0 Å². The van der Waals surface area contributed by atoms with E-state index in [2.05, 4.69) is 15.3 Å². The smallest absolute Gasteiger partial charge is 0.257 e. The zero-order valence-corrected chi connectivity index (χ0v) is 15.3. The summed E-state index contributed by atoms with van der Waals surface area (Å²) < 4.78 is 0. The predicted octanol–water partition coefficient (Wildman–Crippen LogP) is 3.47. The van der Waals surface area contributed by atoms with Crippen molar-refractivity contribution in [3.8, 4) is 17.5 Å². The summed E-state index contributed by atoms with van der Waals surface area (Å²) in [5.74, 6) is -1.23. The number of nitrogens with zero attached hydrogens (tertiary/aromatic N) is 2. The summed E-state index contributed by atoms with van der Waals surface area (Å²) in [5.41, 5.74) is 1.36. The molecule has 0 bridgehead atoms. The molecule has 1 aromatic carbocycles. The monoisotopic (exact) mass is 360 g/mol. The number of carbonyl (C=O) groups is 1. The van der Waals surface area contributed by atoms with Crippen molar-refractivity contribution >= 4 is 28.7 Å². The summed E-state index contributed by atoms with van der Waals surface area (Å²) in [5, 5.41) is 33.3. The van der Waals surface area contributed by atoms with E-state index in [-0.39, 0.29) is 46.0 Å². The van der Waals surface area contributed by atoms with Crippen LogP contribution in [0.1, 0.15) is 37.0 Å². The van der Waals surface area contributed by atoms with Gasteiger partial charge in [0, 0.05) is 19.8 Å². The molecule has 8 nitrogen and oxygen atoms in total. The Balaban J connectivity index is 2.45. The molecule has 26 heavy (non-hydrogen) atoms. The van der Waals surface area contributed by atoms with Crippen LogP contribution in [-0.4, -0.2) is 50.9 Å². The molecule has 1 amide bonds. The summed E-state index contributed by atoms with van der Waals surface area (Å²) in [6.45, 7) is 3.84. The Hall–Kier alpha value is -3.16. The molecule has 0 saturated heterocycles. The largest absolute Gasteiger partial charge is 0.505 e. The van der Waals surface area contributed by atoms with E-state index in [0.717, 1.165) is 18.6 Å². The Morgan fingerprint density at radius 3 is 2.54 bits per heavy atom. The number of aromatic amines is 1. The van der Waals surface area contributed by atoms with E-state index in [1.54, 1.807) is 26.2 Å². The SMILES string of the molecule is CCCC(C)=Nc1c(O)[nH]c(O)c1Nc1cccc(C(=O)N(C)C)c1O. The zero-order valence-electron chi connectivity index (χ0n) is 15.3. The number of aromatic hydroxyl groups is 3. The van der Waals surface area contributed by atoms with Crippen LogP contribution >= 0.6 is 0 Å². The number of phenolic OH excluding ortho intramolecular Hbond substituents is 1. The van der Waals surface area contributed by atoms with Gasteiger partial charge in [-0.1, -0.05) is 19.4 Å². The second-order valence-corrected chi connectivity index (χ2v) is 6.17. The molecule has 2 rings (SSSR count). The molecular formula is C18H24N4O4. The highest BCUT2D eigenvalue weighted by Crippen LogP contribution is 2.45. The Morgan fingerprint density at radius 2 is 1.92 bits per heavy atom. The van der Waals surface area contributed by atoms with Crippen LogP contribution in [0.15, 0.2) is 23.2 Å². The number of para-hydroxylation sites is 1. The first kappa shape index (κ1) is 19.2. The molecule has 8 heteroatoms. The quantitative estimate of drug-likeness (QED) is 0.399. The Bertz CT molecular complexity index is 840. The van der Waals surface area contributed by atoms with Crippen LogP contribution in [0, 0.1) is 0 Å². The molecule has 2 aromatic rings. The van der Waals surface area contributed by atoms with Crippen molar-refractivity contribution in [3.05, 3.63) is 23.8 Å². The average molecular weight is 360 g/mol. The van der Waals surface area contributed by atoms with Gasteiger partial charge in [-0.15, -0.1) is 0 Å². The van der Waals surface area contributed by atoms with Gasteiger partial charge in [0.25, 0.3) is 5.91 Å². The topological polar surface area (TPSA) is 121 Å². The Kier molecular flexibility index (Phi) is 5.76. The van der Waals surface area contributed by atoms with Gasteiger partial charge in [-0.25, -0.2) is 0 Å². The number of carbonyl (C=O) groups excluding carboxylic acids is 1. The maximum absolute atomic E-state index is 12.1. The molecule has 0 aliphatic carbocycles. The van der Waals surface area contributed by atoms with Gasteiger partial charge >= 0.3 is 0 Å². The van der Waals surface area contributed by atoms with E-state index >= 15 is 0 Å². The second-order valence-electron chi connectivity index (χ2n) is 6.17. The third-order valence-corrected chi connectivity index (χ3v) is 3.78.